The van der Waals surface area contributed by atoms with E-state index in [1.165, 1.54) is 19.3 Å². The second kappa shape index (κ2) is 4.82. The SMILES string of the molecule is O=C(NCC1(O)CCOCC1)C1CC2CCC1C2. The van der Waals surface area contributed by atoms with Crippen molar-refractivity contribution in [3.63, 3.8) is 0 Å². The standard InChI is InChI=1S/C14H23NO3/c16-13(12-8-10-1-2-11(12)7-10)15-9-14(17)3-5-18-6-4-14/h10-12,17H,1-9H2,(H,15,16). The summed E-state index contributed by atoms with van der Waals surface area (Å²) in [6.45, 7) is 1.59. The Morgan fingerprint density at radius 3 is 2.67 bits per heavy atom. The number of carbonyl (C=O) groups excluding carboxylic acids is 1. The van der Waals surface area contributed by atoms with E-state index in [0.29, 0.717) is 38.5 Å². The van der Waals surface area contributed by atoms with Crippen LogP contribution in [0.3, 0.4) is 0 Å². The fourth-order valence-corrected chi connectivity index (χ4v) is 3.88. The van der Waals surface area contributed by atoms with Crippen LogP contribution in [-0.4, -0.2) is 36.4 Å². The molecule has 4 nitrogen and oxygen atoms in total. The summed E-state index contributed by atoms with van der Waals surface area (Å²) >= 11 is 0. The maximum atomic E-state index is 12.2. The second-order valence-corrected chi connectivity index (χ2v) is 6.34. The molecule has 1 amide bonds. The lowest BCUT2D eigenvalue weighted by molar-refractivity contribution is -0.129. The fourth-order valence-electron chi connectivity index (χ4n) is 3.88. The fraction of sp³-hybridized carbons (Fsp3) is 0.929. The number of nitrogens with one attached hydrogen (secondary N) is 1. The van der Waals surface area contributed by atoms with Gasteiger partial charge in [-0.15, -0.1) is 0 Å². The lowest BCUT2D eigenvalue weighted by Gasteiger charge is -2.33. The maximum Gasteiger partial charge on any atom is 0.223 e. The molecule has 3 rings (SSSR count). The molecular weight excluding hydrogens is 230 g/mol. The Morgan fingerprint density at radius 1 is 1.28 bits per heavy atom. The van der Waals surface area contributed by atoms with Crippen LogP contribution < -0.4 is 5.32 Å². The van der Waals surface area contributed by atoms with Gasteiger partial charge in [0, 0.05) is 38.5 Å². The zero-order valence-corrected chi connectivity index (χ0v) is 10.9. The summed E-state index contributed by atoms with van der Waals surface area (Å²) in [7, 11) is 0. The zero-order valence-electron chi connectivity index (χ0n) is 10.9. The third-order valence-corrected chi connectivity index (χ3v) is 5.09. The van der Waals surface area contributed by atoms with E-state index in [-0.39, 0.29) is 11.8 Å². The van der Waals surface area contributed by atoms with Gasteiger partial charge in [-0.2, -0.15) is 0 Å². The van der Waals surface area contributed by atoms with Crippen molar-refractivity contribution in [2.24, 2.45) is 17.8 Å². The molecule has 3 unspecified atom stereocenters. The van der Waals surface area contributed by atoms with E-state index in [2.05, 4.69) is 5.32 Å². The predicted octanol–water partition coefficient (Wildman–Crippen LogP) is 1.08. The summed E-state index contributed by atoms with van der Waals surface area (Å²) in [4.78, 5) is 12.2. The van der Waals surface area contributed by atoms with Gasteiger partial charge in [-0.3, -0.25) is 4.79 Å². The summed E-state index contributed by atoms with van der Waals surface area (Å²) in [5.41, 5.74) is -0.745. The van der Waals surface area contributed by atoms with Crippen LogP contribution in [0.2, 0.25) is 0 Å². The highest BCUT2D eigenvalue weighted by Gasteiger charge is 2.43. The summed E-state index contributed by atoms with van der Waals surface area (Å²) < 4.78 is 5.24. The molecular formula is C14H23NO3. The van der Waals surface area contributed by atoms with Gasteiger partial charge in [-0.1, -0.05) is 6.42 Å². The van der Waals surface area contributed by atoms with E-state index in [0.717, 1.165) is 12.3 Å². The monoisotopic (exact) mass is 253 g/mol. The minimum absolute atomic E-state index is 0.169. The molecule has 4 heteroatoms. The van der Waals surface area contributed by atoms with Gasteiger partial charge in [-0.05, 0) is 31.1 Å². The molecule has 1 heterocycles. The third kappa shape index (κ3) is 2.41. The Bertz CT molecular complexity index is 325. The van der Waals surface area contributed by atoms with Crippen molar-refractivity contribution < 1.29 is 14.6 Å². The van der Waals surface area contributed by atoms with Crippen molar-refractivity contribution in [1.82, 2.24) is 5.32 Å². The van der Waals surface area contributed by atoms with E-state index in [9.17, 15) is 9.90 Å². The molecule has 2 bridgehead atoms. The number of aliphatic hydroxyl groups is 1. The summed E-state index contributed by atoms with van der Waals surface area (Å²) in [6.07, 6.45) is 6.11. The molecule has 2 N–H and O–H groups in total. The van der Waals surface area contributed by atoms with Gasteiger partial charge >= 0.3 is 0 Å². The number of ether oxygens (including phenoxy) is 1. The Labute approximate surface area is 108 Å². The highest BCUT2D eigenvalue weighted by molar-refractivity contribution is 5.79. The Hall–Kier alpha value is -0.610. The van der Waals surface area contributed by atoms with Crippen molar-refractivity contribution in [1.29, 1.82) is 0 Å². The highest BCUT2D eigenvalue weighted by atomic mass is 16.5. The molecule has 102 valence electrons. The molecule has 3 fully saturated rings. The Morgan fingerprint density at radius 2 is 2.06 bits per heavy atom. The number of carbonyl (C=O) groups is 1. The van der Waals surface area contributed by atoms with E-state index in [1.54, 1.807) is 0 Å². The first-order chi connectivity index (χ1) is 8.66. The predicted molar refractivity (Wildman–Crippen MR) is 67.0 cm³/mol. The Kier molecular flexibility index (Phi) is 3.32. The number of hydrogen-bond acceptors (Lipinski definition) is 3. The molecule has 0 radical (unpaired) electrons. The van der Waals surface area contributed by atoms with Crippen LogP contribution in [0.4, 0.5) is 0 Å². The lowest BCUT2D eigenvalue weighted by Crippen LogP contribution is -2.48. The maximum absolute atomic E-state index is 12.2. The number of amides is 1. The van der Waals surface area contributed by atoms with Crippen molar-refractivity contribution in [2.75, 3.05) is 19.8 Å². The molecule has 0 aromatic heterocycles. The first-order valence-corrected chi connectivity index (χ1v) is 7.24. The van der Waals surface area contributed by atoms with Gasteiger partial charge in [0.1, 0.15) is 0 Å². The first kappa shape index (κ1) is 12.4. The molecule has 0 spiro atoms. The van der Waals surface area contributed by atoms with Gasteiger partial charge in [0.15, 0.2) is 0 Å². The molecule has 0 aromatic carbocycles. The van der Waals surface area contributed by atoms with Crippen LogP contribution in [0.15, 0.2) is 0 Å². The molecule has 2 aliphatic carbocycles. The van der Waals surface area contributed by atoms with E-state index in [4.69, 9.17) is 4.74 Å². The van der Waals surface area contributed by atoms with Gasteiger partial charge < -0.3 is 15.2 Å². The normalized spacial score (nSPS) is 37.7. The number of fused-ring (bicyclic) bond motifs is 2. The van der Waals surface area contributed by atoms with E-state index < -0.39 is 5.60 Å². The third-order valence-electron chi connectivity index (χ3n) is 5.09. The van der Waals surface area contributed by atoms with Crippen molar-refractivity contribution in [3.8, 4) is 0 Å². The lowest BCUT2D eigenvalue weighted by atomic mass is 9.87. The zero-order chi connectivity index (χ0) is 12.6. The van der Waals surface area contributed by atoms with Crippen molar-refractivity contribution >= 4 is 5.91 Å². The minimum Gasteiger partial charge on any atom is -0.388 e. The second-order valence-electron chi connectivity index (χ2n) is 6.34. The topological polar surface area (TPSA) is 58.6 Å². The van der Waals surface area contributed by atoms with Crippen LogP contribution in [-0.2, 0) is 9.53 Å². The van der Waals surface area contributed by atoms with Crippen molar-refractivity contribution in [3.05, 3.63) is 0 Å². The van der Waals surface area contributed by atoms with Crippen molar-refractivity contribution in [2.45, 2.75) is 44.1 Å². The molecule has 1 saturated heterocycles. The highest BCUT2D eigenvalue weighted by Crippen LogP contribution is 2.48. The molecule has 2 saturated carbocycles. The smallest absolute Gasteiger partial charge is 0.223 e. The molecule has 18 heavy (non-hydrogen) atoms. The van der Waals surface area contributed by atoms with Gasteiger partial charge in [0.05, 0.1) is 5.60 Å². The first-order valence-electron chi connectivity index (χ1n) is 7.24. The van der Waals surface area contributed by atoms with Crippen LogP contribution in [0.25, 0.3) is 0 Å². The van der Waals surface area contributed by atoms with Crippen LogP contribution in [0.5, 0.6) is 0 Å². The minimum atomic E-state index is -0.745. The summed E-state index contributed by atoms with van der Waals surface area (Å²) in [6, 6.07) is 0. The van der Waals surface area contributed by atoms with Crippen LogP contribution >= 0.6 is 0 Å². The van der Waals surface area contributed by atoms with E-state index in [1.807, 2.05) is 0 Å². The van der Waals surface area contributed by atoms with E-state index >= 15 is 0 Å². The van der Waals surface area contributed by atoms with Gasteiger partial charge in [0.2, 0.25) is 5.91 Å². The largest absolute Gasteiger partial charge is 0.388 e. The number of rotatable bonds is 3. The molecule has 0 aromatic rings. The summed E-state index contributed by atoms with van der Waals surface area (Å²) in [5.74, 6) is 1.78. The quantitative estimate of drug-likeness (QED) is 0.791. The molecule has 3 atom stereocenters. The van der Waals surface area contributed by atoms with Gasteiger partial charge in [-0.25, -0.2) is 0 Å². The average molecular weight is 253 g/mol. The number of hydrogen-bond donors (Lipinski definition) is 2. The Balaban J connectivity index is 1.49. The molecule has 3 aliphatic rings. The average Bonchev–Trinajstić information content (AvgIpc) is 2.99. The van der Waals surface area contributed by atoms with Gasteiger partial charge in [0.25, 0.3) is 0 Å². The van der Waals surface area contributed by atoms with Crippen LogP contribution in [0, 0.1) is 17.8 Å². The summed E-state index contributed by atoms with van der Waals surface area (Å²) in [5, 5.41) is 13.3. The van der Waals surface area contributed by atoms with Crippen LogP contribution in [0.1, 0.15) is 38.5 Å². The molecule has 1 aliphatic heterocycles.